The highest BCUT2D eigenvalue weighted by molar-refractivity contribution is 6.02. The van der Waals surface area contributed by atoms with Crippen molar-refractivity contribution in [2.24, 2.45) is 5.73 Å². The fourth-order valence-electron chi connectivity index (χ4n) is 2.56. The third-order valence-corrected chi connectivity index (χ3v) is 3.62. The molecule has 0 aliphatic heterocycles. The lowest BCUT2D eigenvalue weighted by Crippen LogP contribution is -2.41. The van der Waals surface area contributed by atoms with Gasteiger partial charge in [-0.1, -0.05) is 0 Å². The van der Waals surface area contributed by atoms with Crippen molar-refractivity contribution in [2.75, 3.05) is 0 Å². The summed E-state index contributed by atoms with van der Waals surface area (Å²) >= 11 is 0. The van der Waals surface area contributed by atoms with Crippen LogP contribution in [-0.2, 0) is 15.0 Å². The van der Waals surface area contributed by atoms with Gasteiger partial charge in [0.15, 0.2) is 5.78 Å². The molecule has 100 valence electrons. The van der Waals surface area contributed by atoms with Gasteiger partial charge in [0.2, 0.25) is 5.91 Å². The Morgan fingerprint density at radius 2 is 2.21 bits per heavy atom. The molecule has 2 rings (SSSR count). The topological polar surface area (TPSA) is 110 Å². The second kappa shape index (κ2) is 4.79. The number of hydrogen-bond donors (Lipinski definition) is 2. The zero-order valence-corrected chi connectivity index (χ0v) is 10.3. The minimum absolute atomic E-state index is 0.0255. The van der Waals surface area contributed by atoms with Crippen molar-refractivity contribution >= 4 is 17.7 Å². The van der Waals surface area contributed by atoms with E-state index in [0.717, 1.165) is 0 Å². The van der Waals surface area contributed by atoms with Crippen LogP contribution < -0.4 is 5.73 Å². The van der Waals surface area contributed by atoms with E-state index < -0.39 is 17.3 Å². The molecule has 0 aromatic carbocycles. The first-order valence-electron chi connectivity index (χ1n) is 5.97. The van der Waals surface area contributed by atoms with Crippen LogP contribution in [0.3, 0.4) is 0 Å². The van der Waals surface area contributed by atoms with Crippen molar-refractivity contribution in [3.63, 3.8) is 0 Å². The summed E-state index contributed by atoms with van der Waals surface area (Å²) in [6, 6.07) is 1.54. The number of pyridine rings is 1. The Morgan fingerprint density at radius 3 is 2.84 bits per heavy atom. The second-order valence-corrected chi connectivity index (χ2v) is 4.70. The summed E-state index contributed by atoms with van der Waals surface area (Å²) in [4.78, 5) is 38.3. The summed E-state index contributed by atoms with van der Waals surface area (Å²) in [7, 11) is 0. The standard InChI is InChI=1S/C13H14N2O4/c14-11(17)2-5-13(12(18)19)4-1-10(16)8-7-15-6-3-9(8)13/h3,6-7H,1-2,4-5H2,(H2,14,17)(H,18,19). The van der Waals surface area contributed by atoms with Crippen LogP contribution in [0.1, 0.15) is 41.6 Å². The van der Waals surface area contributed by atoms with Gasteiger partial charge in [-0.25, -0.2) is 0 Å². The lowest BCUT2D eigenvalue weighted by molar-refractivity contribution is -0.144. The first-order valence-corrected chi connectivity index (χ1v) is 5.97. The number of primary amides is 1. The SMILES string of the molecule is NC(=O)CCC1(C(=O)O)CCC(=O)c2cnccc21. The van der Waals surface area contributed by atoms with Gasteiger partial charge in [-0.2, -0.15) is 0 Å². The molecule has 0 saturated carbocycles. The van der Waals surface area contributed by atoms with Crippen LogP contribution in [-0.4, -0.2) is 27.8 Å². The quantitative estimate of drug-likeness (QED) is 0.827. The minimum atomic E-state index is -1.22. The van der Waals surface area contributed by atoms with Gasteiger partial charge in [0.1, 0.15) is 0 Å². The van der Waals surface area contributed by atoms with Gasteiger partial charge in [0.05, 0.1) is 5.41 Å². The Balaban J connectivity index is 2.50. The van der Waals surface area contributed by atoms with E-state index in [1.807, 2.05) is 0 Å². The molecule has 0 saturated heterocycles. The first-order chi connectivity index (χ1) is 8.97. The highest BCUT2D eigenvalue weighted by Gasteiger charge is 2.45. The lowest BCUT2D eigenvalue weighted by Gasteiger charge is -2.34. The summed E-state index contributed by atoms with van der Waals surface area (Å²) in [6.07, 6.45) is 3.25. The maximum Gasteiger partial charge on any atom is 0.314 e. The van der Waals surface area contributed by atoms with Gasteiger partial charge in [-0.05, 0) is 24.5 Å². The Bertz CT molecular complexity index is 555. The molecule has 6 nitrogen and oxygen atoms in total. The van der Waals surface area contributed by atoms with Crippen molar-refractivity contribution in [3.05, 3.63) is 29.6 Å². The van der Waals surface area contributed by atoms with Gasteiger partial charge in [-0.3, -0.25) is 19.4 Å². The molecule has 1 unspecified atom stereocenters. The molecule has 1 aliphatic rings. The molecule has 1 heterocycles. The van der Waals surface area contributed by atoms with E-state index in [-0.39, 0.29) is 31.5 Å². The molecule has 1 aromatic rings. The highest BCUT2D eigenvalue weighted by Crippen LogP contribution is 2.40. The predicted octanol–water partition coefficient (Wildman–Crippen LogP) is 0.646. The number of carbonyl (C=O) groups excluding carboxylic acids is 2. The molecule has 0 spiro atoms. The molecule has 6 heteroatoms. The van der Waals surface area contributed by atoms with Crippen molar-refractivity contribution in [1.82, 2.24) is 4.98 Å². The summed E-state index contributed by atoms with van der Waals surface area (Å²) in [5, 5.41) is 9.55. The fraction of sp³-hybridized carbons (Fsp3) is 0.385. The summed E-state index contributed by atoms with van der Waals surface area (Å²) in [5.41, 5.74) is 4.66. The average molecular weight is 262 g/mol. The van der Waals surface area contributed by atoms with Crippen LogP contribution in [0.25, 0.3) is 0 Å². The molecule has 19 heavy (non-hydrogen) atoms. The molecule has 3 N–H and O–H groups in total. The minimum Gasteiger partial charge on any atom is -0.481 e. The maximum atomic E-state index is 11.8. The number of fused-ring (bicyclic) bond motifs is 1. The number of nitrogens with zero attached hydrogens (tertiary/aromatic N) is 1. The molecule has 1 aliphatic carbocycles. The van der Waals surface area contributed by atoms with Crippen LogP contribution >= 0.6 is 0 Å². The molecule has 1 amide bonds. The third-order valence-electron chi connectivity index (χ3n) is 3.62. The number of carboxylic acid groups (broad SMARTS) is 1. The first kappa shape index (κ1) is 13.2. The van der Waals surface area contributed by atoms with Gasteiger partial charge in [0, 0.05) is 30.8 Å². The van der Waals surface area contributed by atoms with Crippen LogP contribution in [0.15, 0.2) is 18.5 Å². The van der Waals surface area contributed by atoms with Gasteiger partial charge in [-0.15, -0.1) is 0 Å². The molecule has 1 atom stereocenters. The normalized spacial score (nSPS) is 21.8. The number of aromatic nitrogens is 1. The number of aliphatic carboxylic acids is 1. The monoisotopic (exact) mass is 262 g/mol. The molecule has 0 fully saturated rings. The number of ketones is 1. The third kappa shape index (κ3) is 2.21. The molecule has 1 aromatic heterocycles. The van der Waals surface area contributed by atoms with E-state index in [4.69, 9.17) is 5.73 Å². The Hall–Kier alpha value is -2.24. The zero-order chi connectivity index (χ0) is 14.0. The van der Waals surface area contributed by atoms with Crippen LogP contribution in [0, 0.1) is 0 Å². The number of Topliss-reactive ketones (excluding diaryl/α,β-unsaturated/α-hetero) is 1. The van der Waals surface area contributed by atoms with E-state index >= 15 is 0 Å². The van der Waals surface area contributed by atoms with Crippen molar-refractivity contribution in [3.8, 4) is 0 Å². The van der Waals surface area contributed by atoms with Crippen molar-refractivity contribution in [1.29, 1.82) is 0 Å². The van der Waals surface area contributed by atoms with Crippen molar-refractivity contribution < 1.29 is 19.5 Å². The fourth-order valence-corrected chi connectivity index (χ4v) is 2.56. The average Bonchev–Trinajstić information content (AvgIpc) is 2.38. The van der Waals surface area contributed by atoms with Gasteiger partial charge in [0.25, 0.3) is 0 Å². The van der Waals surface area contributed by atoms with Crippen LogP contribution in [0.5, 0.6) is 0 Å². The number of hydrogen-bond acceptors (Lipinski definition) is 4. The Labute approximate surface area is 109 Å². The van der Waals surface area contributed by atoms with E-state index in [0.29, 0.717) is 11.1 Å². The van der Waals surface area contributed by atoms with Crippen LogP contribution in [0.4, 0.5) is 0 Å². The van der Waals surface area contributed by atoms with E-state index in [1.165, 1.54) is 12.4 Å². The van der Waals surface area contributed by atoms with Crippen molar-refractivity contribution in [2.45, 2.75) is 31.1 Å². The Morgan fingerprint density at radius 1 is 1.47 bits per heavy atom. The van der Waals surface area contributed by atoms with Gasteiger partial charge >= 0.3 is 5.97 Å². The van der Waals surface area contributed by atoms with Gasteiger partial charge < -0.3 is 10.8 Å². The predicted molar refractivity (Wildman–Crippen MR) is 65.5 cm³/mol. The molecule has 0 radical (unpaired) electrons. The number of rotatable bonds is 4. The van der Waals surface area contributed by atoms with E-state index in [9.17, 15) is 19.5 Å². The second-order valence-electron chi connectivity index (χ2n) is 4.70. The maximum absolute atomic E-state index is 11.8. The molecule has 0 bridgehead atoms. The summed E-state index contributed by atoms with van der Waals surface area (Å²) in [6.45, 7) is 0. The number of amides is 1. The number of carbonyl (C=O) groups is 3. The van der Waals surface area contributed by atoms with Crippen LogP contribution in [0.2, 0.25) is 0 Å². The van der Waals surface area contributed by atoms with E-state index in [1.54, 1.807) is 6.07 Å². The van der Waals surface area contributed by atoms with E-state index in [2.05, 4.69) is 4.98 Å². The summed E-state index contributed by atoms with van der Waals surface area (Å²) in [5.74, 6) is -1.69. The smallest absolute Gasteiger partial charge is 0.314 e. The highest BCUT2D eigenvalue weighted by atomic mass is 16.4. The molecular formula is C13H14N2O4. The number of nitrogens with two attached hydrogens (primary N) is 1. The largest absolute Gasteiger partial charge is 0.481 e. The summed E-state index contributed by atoms with van der Waals surface area (Å²) < 4.78 is 0. The lowest BCUT2D eigenvalue weighted by atomic mass is 9.67. The zero-order valence-electron chi connectivity index (χ0n) is 10.3. The molecular weight excluding hydrogens is 248 g/mol. The Kier molecular flexibility index (Phi) is 3.33. The number of carboxylic acids is 1.